The third-order valence-electron chi connectivity index (χ3n) is 6.25. The molecule has 2 aliphatic rings. The fourth-order valence-corrected chi connectivity index (χ4v) is 5.55. The van der Waals surface area contributed by atoms with Crippen LogP contribution < -0.4 is 11.1 Å². The number of likely N-dealkylation sites (tertiary alicyclic amines) is 2. The third kappa shape index (κ3) is 3.83. The molecule has 4 rings (SSSR count). The van der Waals surface area contributed by atoms with Crippen molar-refractivity contribution in [1.29, 1.82) is 0 Å². The maximum Gasteiger partial charge on any atom is 0.263 e. The molecular weight excluding hydrogens is 386 g/mol. The number of nitrogens with one attached hydrogen (secondary N) is 1. The van der Waals surface area contributed by atoms with Crippen LogP contribution in [0.25, 0.3) is 10.2 Å². The molecule has 0 aromatic carbocycles. The van der Waals surface area contributed by atoms with E-state index in [1.165, 1.54) is 24.2 Å². The Bertz CT molecular complexity index is 937. The minimum Gasteiger partial charge on any atom is -0.397 e. The maximum absolute atomic E-state index is 12.8. The maximum atomic E-state index is 12.8. The first kappa shape index (κ1) is 20.1. The molecule has 156 valence electrons. The van der Waals surface area contributed by atoms with E-state index in [0.29, 0.717) is 23.7 Å². The van der Waals surface area contributed by atoms with Gasteiger partial charge in [-0.3, -0.25) is 14.5 Å². The van der Waals surface area contributed by atoms with Crippen LogP contribution in [0.2, 0.25) is 0 Å². The molecule has 2 saturated heterocycles. The normalized spacial score (nSPS) is 22.9. The number of thiophene rings is 1. The van der Waals surface area contributed by atoms with Crippen molar-refractivity contribution < 1.29 is 9.59 Å². The van der Waals surface area contributed by atoms with Crippen molar-refractivity contribution in [3.05, 3.63) is 22.7 Å². The van der Waals surface area contributed by atoms with Gasteiger partial charge in [-0.1, -0.05) is 6.92 Å². The van der Waals surface area contributed by atoms with E-state index in [0.717, 1.165) is 48.4 Å². The standard InChI is InChI=1S/C21H29N5O2S/c1-21(8-5-11-26(13-21)16(27)12-25-9-3-4-10-25)15-7-6-14-17(22)18(19(28)23-2)29-20(14)24-15/h6-7H,3-5,8-13,22H2,1-2H3,(H,23,28)/t21-/m1/s1. The molecule has 2 aliphatic heterocycles. The lowest BCUT2D eigenvalue weighted by molar-refractivity contribution is -0.134. The van der Waals surface area contributed by atoms with E-state index in [4.69, 9.17) is 10.7 Å². The summed E-state index contributed by atoms with van der Waals surface area (Å²) >= 11 is 1.33. The van der Waals surface area contributed by atoms with E-state index in [-0.39, 0.29) is 17.2 Å². The van der Waals surface area contributed by atoms with Gasteiger partial charge in [0.2, 0.25) is 5.91 Å². The number of anilines is 1. The molecular formula is C21H29N5O2S. The van der Waals surface area contributed by atoms with E-state index in [2.05, 4.69) is 17.1 Å². The Kier molecular flexibility index (Phi) is 5.48. The molecule has 8 heteroatoms. The highest BCUT2D eigenvalue weighted by Crippen LogP contribution is 2.37. The predicted molar refractivity (Wildman–Crippen MR) is 116 cm³/mol. The van der Waals surface area contributed by atoms with E-state index >= 15 is 0 Å². The van der Waals surface area contributed by atoms with Crippen LogP contribution in [0.15, 0.2) is 12.1 Å². The average molecular weight is 416 g/mol. The fraction of sp³-hybridized carbons (Fsp3) is 0.571. The Morgan fingerprint density at radius 3 is 2.72 bits per heavy atom. The zero-order valence-corrected chi connectivity index (χ0v) is 18.0. The molecule has 0 bridgehead atoms. The van der Waals surface area contributed by atoms with E-state index in [1.807, 2.05) is 17.0 Å². The Balaban J connectivity index is 1.56. The largest absolute Gasteiger partial charge is 0.397 e. The molecule has 0 unspecified atom stereocenters. The fourth-order valence-electron chi connectivity index (χ4n) is 4.51. The second-order valence-electron chi connectivity index (χ2n) is 8.44. The van der Waals surface area contributed by atoms with Gasteiger partial charge < -0.3 is 16.0 Å². The molecule has 7 nitrogen and oxygen atoms in total. The number of fused-ring (bicyclic) bond motifs is 1. The smallest absolute Gasteiger partial charge is 0.263 e. The van der Waals surface area contributed by atoms with Gasteiger partial charge in [0.15, 0.2) is 0 Å². The summed E-state index contributed by atoms with van der Waals surface area (Å²) < 4.78 is 0. The minimum absolute atomic E-state index is 0.186. The summed E-state index contributed by atoms with van der Waals surface area (Å²) in [4.78, 5) is 35.3. The number of nitrogen functional groups attached to an aromatic ring is 1. The lowest BCUT2D eigenvalue weighted by Gasteiger charge is -2.40. The number of hydrogen-bond donors (Lipinski definition) is 2. The van der Waals surface area contributed by atoms with Crippen LogP contribution in [0.3, 0.4) is 0 Å². The molecule has 2 aromatic heterocycles. The Morgan fingerprint density at radius 2 is 2.00 bits per heavy atom. The van der Waals surface area contributed by atoms with Gasteiger partial charge in [0.25, 0.3) is 5.91 Å². The lowest BCUT2D eigenvalue weighted by atomic mass is 9.78. The lowest BCUT2D eigenvalue weighted by Crippen LogP contribution is -2.50. The van der Waals surface area contributed by atoms with Crippen molar-refractivity contribution in [3.8, 4) is 0 Å². The summed E-state index contributed by atoms with van der Waals surface area (Å²) in [5.41, 5.74) is 7.42. The number of aromatic nitrogens is 1. The predicted octanol–water partition coefficient (Wildman–Crippen LogP) is 2.21. The second-order valence-corrected chi connectivity index (χ2v) is 9.44. The summed E-state index contributed by atoms with van der Waals surface area (Å²) in [6.07, 6.45) is 4.34. The quantitative estimate of drug-likeness (QED) is 0.799. The molecule has 2 fully saturated rings. The summed E-state index contributed by atoms with van der Waals surface area (Å²) in [7, 11) is 1.60. The van der Waals surface area contributed by atoms with Crippen molar-refractivity contribution in [3.63, 3.8) is 0 Å². The molecule has 4 heterocycles. The van der Waals surface area contributed by atoms with Gasteiger partial charge in [-0.25, -0.2) is 4.98 Å². The molecule has 0 radical (unpaired) electrons. The summed E-state index contributed by atoms with van der Waals surface area (Å²) in [5, 5.41) is 3.45. The molecule has 0 saturated carbocycles. The first-order valence-electron chi connectivity index (χ1n) is 10.3. The summed E-state index contributed by atoms with van der Waals surface area (Å²) in [6.45, 7) is 6.27. The highest BCUT2D eigenvalue weighted by molar-refractivity contribution is 7.21. The van der Waals surface area contributed by atoms with Gasteiger partial charge in [0.05, 0.1) is 12.2 Å². The van der Waals surface area contributed by atoms with Gasteiger partial charge in [-0.2, -0.15) is 0 Å². The van der Waals surface area contributed by atoms with Crippen LogP contribution >= 0.6 is 11.3 Å². The molecule has 2 aromatic rings. The highest BCUT2D eigenvalue weighted by atomic mass is 32.1. The van der Waals surface area contributed by atoms with E-state index in [1.54, 1.807) is 7.05 Å². The molecule has 1 atom stereocenters. The van der Waals surface area contributed by atoms with Gasteiger partial charge in [-0.05, 0) is 50.9 Å². The van der Waals surface area contributed by atoms with Crippen molar-refractivity contribution in [2.24, 2.45) is 0 Å². The number of hydrogen-bond acceptors (Lipinski definition) is 6. The Hall–Kier alpha value is -2.19. The Morgan fingerprint density at radius 1 is 1.24 bits per heavy atom. The number of nitrogens with two attached hydrogens (primary N) is 1. The van der Waals surface area contributed by atoms with Crippen molar-refractivity contribution >= 4 is 39.1 Å². The van der Waals surface area contributed by atoms with Crippen LogP contribution in [0.5, 0.6) is 0 Å². The SMILES string of the molecule is CNC(=O)c1sc2nc([C@]3(C)CCCN(C(=O)CN4CCCC4)C3)ccc2c1N. The van der Waals surface area contributed by atoms with Gasteiger partial charge >= 0.3 is 0 Å². The number of pyridine rings is 1. The second kappa shape index (κ2) is 7.91. The molecule has 0 aliphatic carbocycles. The van der Waals surface area contributed by atoms with Crippen LogP contribution in [-0.2, 0) is 10.2 Å². The molecule has 29 heavy (non-hydrogen) atoms. The number of rotatable bonds is 4. The number of carbonyl (C=O) groups excluding carboxylic acids is 2. The van der Waals surface area contributed by atoms with Crippen molar-refractivity contribution in [2.75, 3.05) is 45.5 Å². The minimum atomic E-state index is -0.195. The van der Waals surface area contributed by atoms with Gasteiger partial charge in [0.1, 0.15) is 9.71 Å². The average Bonchev–Trinajstić information content (AvgIpc) is 3.35. The first-order valence-corrected chi connectivity index (χ1v) is 11.1. The van der Waals surface area contributed by atoms with Crippen LogP contribution in [0.1, 0.15) is 48.0 Å². The van der Waals surface area contributed by atoms with Gasteiger partial charge in [0, 0.05) is 36.6 Å². The topological polar surface area (TPSA) is 91.6 Å². The van der Waals surface area contributed by atoms with E-state index in [9.17, 15) is 9.59 Å². The zero-order valence-electron chi connectivity index (χ0n) is 17.2. The Labute approximate surface area is 175 Å². The zero-order chi connectivity index (χ0) is 20.6. The first-order chi connectivity index (χ1) is 13.9. The number of nitrogens with zero attached hydrogens (tertiary/aromatic N) is 3. The number of carbonyl (C=O) groups is 2. The summed E-state index contributed by atoms with van der Waals surface area (Å²) in [5.74, 6) is 0.0378. The van der Waals surface area contributed by atoms with Gasteiger partial charge in [-0.15, -0.1) is 11.3 Å². The van der Waals surface area contributed by atoms with Crippen LogP contribution in [0, 0.1) is 0 Å². The van der Waals surface area contributed by atoms with Crippen molar-refractivity contribution in [2.45, 2.75) is 38.0 Å². The summed E-state index contributed by atoms with van der Waals surface area (Å²) in [6, 6.07) is 3.97. The highest BCUT2D eigenvalue weighted by Gasteiger charge is 2.36. The number of amides is 2. The van der Waals surface area contributed by atoms with Crippen molar-refractivity contribution in [1.82, 2.24) is 20.1 Å². The van der Waals surface area contributed by atoms with E-state index < -0.39 is 0 Å². The van der Waals surface area contributed by atoms with Crippen LogP contribution in [0.4, 0.5) is 5.69 Å². The third-order valence-corrected chi connectivity index (χ3v) is 7.37. The van der Waals surface area contributed by atoms with Crippen LogP contribution in [-0.4, -0.2) is 66.4 Å². The molecule has 2 amide bonds. The number of piperidine rings is 1. The molecule has 3 N–H and O–H groups in total. The monoisotopic (exact) mass is 415 g/mol. The molecule has 0 spiro atoms.